The van der Waals surface area contributed by atoms with Crippen LogP contribution in [0.3, 0.4) is 0 Å². The van der Waals surface area contributed by atoms with Crippen LogP contribution in [0.1, 0.15) is 47.0 Å². The minimum absolute atomic E-state index is 0.0394. The van der Waals surface area contributed by atoms with E-state index in [0.717, 1.165) is 17.6 Å². The van der Waals surface area contributed by atoms with Crippen molar-refractivity contribution in [2.45, 2.75) is 71.2 Å². The van der Waals surface area contributed by atoms with Crippen molar-refractivity contribution >= 4 is 23.5 Å². The van der Waals surface area contributed by atoms with Crippen molar-refractivity contribution in [3.8, 4) is 0 Å². The van der Waals surface area contributed by atoms with E-state index in [9.17, 15) is 14.4 Å². The monoisotopic (exact) mass is 522 g/mol. The van der Waals surface area contributed by atoms with E-state index in [1.165, 1.54) is 5.01 Å². The number of hydrogen-bond donors (Lipinski definition) is 2. The standard InChI is InChI=1S/C29H38N4O5/c1-17(2)26-27(34)30-19(4)28(35)33-14-6-7-24(32-33)29(36)38-20(5)23-13-12-22-11-10-21(15-25(22)31-23)9-8-18(3)16-37-26/h8-13,17-18,20,24-26,32H,4,6-7,14-16H2,1-3,5H3,(H,30,34)/b9-8+/t18?,20-,24?,25?,26+/m1/s1. The first kappa shape index (κ1) is 27.7. The third-order valence-corrected chi connectivity index (χ3v) is 7.05. The lowest BCUT2D eigenvalue weighted by Gasteiger charge is -2.34. The second-order valence-electron chi connectivity index (χ2n) is 10.7. The number of carbonyl (C=O) groups is 3. The largest absolute Gasteiger partial charge is 0.455 e. The first-order valence-electron chi connectivity index (χ1n) is 13.4. The highest BCUT2D eigenvalue weighted by atomic mass is 16.5. The number of fused-ring (bicyclic) bond motifs is 3. The fourth-order valence-corrected chi connectivity index (χ4v) is 4.80. The number of allylic oxidation sites excluding steroid dienone is 3. The highest BCUT2D eigenvalue weighted by Gasteiger charge is 2.33. The molecule has 0 aromatic rings. The number of esters is 1. The third-order valence-electron chi connectivity index (χ3n) is 7.05. The molecule has 0 aromatic carbocycles. The van der Waals surface area contributed by atoms with Crippen LogP contribution in [0.25, 0.3) is 0 Å². The molecule has 5 bridgehead atoms. The van der Waals surface area contributed by atoms with Crippen LogP contribution in [0.4, 0.5) is 0 Å². The van der Waals surface area contributed by atoms with E-state index in [2.05, 4.69) is 41.6 Å². The van der Waals surface area contributed by atoms with Gasteiger partial charge in [-0.25, -0.2) is 5.43 Å². The number of dihydropyridines is 1. The summed E-state index contributed by atoms with van der Waals surface area (Å²) in [6, 6.07) is -0.735. The van der Waals surface area contributed by atoms with Crippen molar-refractivity contribution in [1.82, 2.24) is 15.8 Å². The average Bonchev–Trinajstić information content (AvgIpc) is 2.90. The molecule has 204 valence electrons. The second-order valence-corrected chi connectivity index (χ2v) is 10.7. The SMILES string of the molecule is C=C1NC(=O)[C@H](C(C)C)OCC(C)/C=C/C2=CC=C3C=CC(=NC3C2)[C@@H](C)OC(=O)C2CCCN(N2)C1=O. The quantitative estimate of drug-likeness (QED) is 0.405. The van der Waals surface area contributed by atoms with E-state index in [1.807, 2.05) is 32.9 Å². The summed E-state index contributed by atoms with van der Waals surface area (Å²) in [5, 5.41) is 3.93. The van der Waals surface area contributed by atoms with Crippen LogP contribution in [0, 0.1) is 11.8 Å². The Hall–Kier alpha value is -3.30. The van der Waals surface area contributed by atoms with Crippen LogP contribution >= 0.6 is 0 Å². The van der Waals surface area contributed by atoms with Crippen LogP contribution < -0.4 is 10.7 Å². The predicted molar refractivity (Wildman–Crippen MR) is 145 cm³/mol. The Morgan fingerprint density at radius 2 is 1.92 bits per heavy atom. The smallest absolute Gasteiger partial charge is 0.325 e. The van der Waals surface area contributed by atoms with Gasteiger partial charge in [-0.15, -0.1) is 0 Å². The number of nitrogens with one attached hydrogen (secondary N) is 2. The van der Waals surface area contributed by atoms with Gasteiger partial charge >= 0.3 is 5.97 Å². The molecule has 3 unspecified atom stereocenters. The third kappa shape index (κ3) is 6.57. The molecule has 38 heavy (non-hydrogen) atoms. The fourth-order valence-electron chi connectivity index (χ4n) is 4.80. The van der Waals surface area contributed by atoms with Gasteiger partial charge in [0.25, 0.3) is 11.8 Å². The van der Waals surface area contributed by atoms with Crippen molar-refractivity contribution in [2.24, 2.45) is 16.8 Å². The number of amides is 2. The molecule has 4 aliphatic rings. The molecular weight excluding hydrogens is 484 g/mol. The van der Waals surface area contributed by atoms with Crippen molar-refractivity contribution < 1.29 is 23.9 Å². The van der Waals surface area contributed by atoms with Crippen LogP contribution in [-0.2, 0) is 23.9 Å². The van der Waals surface area contributed by atoms with Crippen molar-refractivity contribution in [3.05, 3.63) is 59.9 Å². The highest BCUT2D eigenvalue weighted by Crippen LogP contribution is 2.28. The summed E-state index contributed by atoms with van der Waals surface area (Å²) < 4.78 is 11.7. The Kier molecular flexibility index (Phi) is 8.79. The van der Waals surface area contributed by atoms with E-state index in [1.54, 1.807) is 6.92 Å². The number of rotatable bonds is 1. The number of ether oxygens (including phenoxy) is 2. The van der Waals surface area contributed by atoms with Gasteiger partial charge in [-0.3, -0.25) is 24.4 Å². The topological polar surface area (TPSA) is 109 Å². The lowest BCUT2D eigenvalue weighted by atomic mass is 9.90. The summed E-state index contributed by atoms with van der Waals surface area (Å²) in [4.78, 5) is 43.9. The molecule has 5 atom stereocenters. The first-order valence-corrected chi connectivity index (χ1v) is 13.4. The summed E-state index contributed by atoms with van der Waals surface area (Å²) in [5.41, 5.74) is 5.83. The number of aliphatic imine (C=N–C) groups is 1. The Morgan fingerprint density at radius 3 is 2.68 bits per heavy atom. The fraction of sp³-hybridized carbons (Fsp3) is 0.517. The van der Waals surface area contributed by atoms with Crippen molar-refractivity contribution in [3.63, 3.8) is 0 Å². The molecular formula is C29H38N4O5. The van der Waals surface area contributed by atoms with Gasteiger partial charge in [-0.2, -0.15) is 0 Å². The Morgan fingerprint density at radius 1 is 1.13 bits per heavy atom. The number of cyclic esters (lactones) is 1. The van der Waals surface area contributed by atoms with E-state index in [-0.39, 0.29) is 23.6 Å². The van der Waals surface area contributed by atoms with Crippen molar-refractivity contribution in [1.29, 1.82) is 0 Å². The van der Waals surface area contributed by atoms with E-state index in [4.69, 9.17) is 14.5 Å². The maximum Gasteiger partial charge on any atom is 0.325 e. The van der Waals surface area contributed by atoms with Gasteiger partial charge in [0.15, 0.2) is 0 Å². The lowest BCUT2D eigenvalue weighted by molar-refractivity contribution is -0.153. The van der Waals surface area contributed by atoms with Crippen molar-refractivity contribution in [2.75, 3.05) is 13.2 Å². The van der Waals surface area contributed by atoms with Gasteiger partial charge < -0.3 is 14.8 Å². The van der Waals surface area contributed by atoms with Gasteiger partial charge in [0, 0.05) is 6.54 Å². The Balaban J connectivity index is 1.58. The minimum Gasteiger partial charge on any atom is -0.455 e. The molecule has 1 fully saturated rings. The van der Waals surface area contributed by atoms with E-state index < -0.39 is 36.0 Å². The lowest BCUT2D eigenvalue weighted by Crippen LogP contribution is -2.57. The van der Waals surface area contributed by atoms with Gasteiger partial charge in [0.05, 0.1) is 18.4 Å². The molecule has 3 heterocycles. The second kappa shape index (κ2) is 12.0. The van der Waals surface area contributed by atoms with E-state index in [0.29, 0.717) is 31.7 Å². The molecule has 0 aromatic heterocycles. The van der Waals surface area contributed by atoms with Gasteiger partial charge in [0.2, 0.25) is 0 Å². The molecule has 0 saturated carbocycles. The first-order chi connectivity index (χ1) is 18.1. The minimum atomic E-state index is -0.746. The summed E-state index contributed by atoms with van der Waals surface area (Å²) >= 11 is 0. The van der Waals surface area contributed by atoms with Crippen LogP contribution in [-0.4, -0.2) is 65.9 Å². The predicted octanol–water partition coefficient (Wildman–Crippen LogP) is 2.93. The van der Waals surface area contributed by atoms with Crippen LogP contribution in [0.15, 0.2) is 64.9 Å². The molecule has 2 N–H and O–H groups in total. The molecule has 3 aliphatic heterocycles. The van der Waals surface area contributed by atoms with Gasteiger partial charge in [-0.1, -0.05) is 57.7 Å². The average molecular weight is 523 g/mol. The summed E-state index contributed by atoms with van der Waals surface area (Å²) in [5.74, 6) is -1.43. The molecule has 4 rings (SSSR count). The maximum absolute atomic E-state index is 13.0. The zero-order valence-corrected chi connectivity index (χ0v) is 22.6. The number of nitrogens with zero attached hydrogens (tertiary/aromatic N) is 2. The molecule has 1 saturated heterocycles. The summed E-state index contributed by atoms with van der Waals surface area (Å²) in [6.07, 6.45) is 12.8. The van der Waals surface area contributed by atoms with Gasteiger partial charge in [0.1, 0.15) is 23.9 Å². The molecule has 0 radical (unpaired) electrons. The summed E-state index contributed by atoms with van der Waals surface area (Å²) in [6.45, 7) is 12.1. The Bertz CT molecular complexity index is 1130. The van der Waals surface area contributed by atoms with E-state index >= 15 is 0 Å². The normalized spacial score (nSPS) is 32.1. The molecule has 2 amide bonds. The maximum atomic E-state index is 13.0. The highest BCUT2D eigenvalue weighted by molar-refractivity contribution is 6.01. The van der Waals surface area contributed by atoms with Gasteiger partial charge in [-0.05, 0) is 55.2 Å². The van der Waals surface area contributed by atoms with Crippen LogP contribution in [0.5, 0.6) is 0 Å². The number of hydrogen-bond acceptors (Lipinski definition) is 7. The zero-order chi connectivity index (χ0) is 27.4. The number of carbonyl (C=O) groups excluding carboxylic acids is 3. The number of hydrazine groups is 1. The zero-order valence-electron chi connectivity index (χ0n) is 22.6. The summed E-state index contributed by atoms with van der Waals surface area (Å²) in [7, 11) is 0. The Labute approximate surface area is 224 Å². The molecule has 9 nitrogen and oxygen atoms in total. The molecule has 1 aliphatic carbocycles. The van der Waals surface area contributed by atoms with Crippen LogP contribution in [0.2, 0.25) is 0 Å². The molecule has 0 spiro atoms. The molecule has 9 heteroatoms.